The highest BCUT2D eigenvalue weighted by atomic mass is 16.2. The van der Waals surface area contributed by atoms with E-state index in [1.54, 1.807) is 0 Å². The van der Waals surface area contributed by atoms with E-state index < -0.39 is 0 Å². The minimum atomic E-state index is 0.0887. The molecule has 1 aromatic carbocycles. The lowest BCUT2D eigenvalue weighted by Gasteiger charge is -2.21. The molecule has 4 heteroatoms. The second-order valence-electron chi connectivity index (χ2n) is 6.91. The molecule has 2 saturated carbocycles. The molecule has 1 aromatic rings. The van der Waals surface area contributed by atoms with Crippen LogP contribution in [-0.4, -0.2) is 18.4 Å². The number of amides is 2. The summed E-state index contributed by atoms with van der Waals surface area (Å²) in [6.07, 6.45) is 5.60. The maximum absolute atomic E-state index is 12.2. The zero-order chi connectivity index (χ0) is 16.2. The molecule has 0 aromatic heterocycles. The standard InChI is InChI=1S/C19H26N2O2/c1-13-5-2-3-6-16(13)18(14-8-9-14)21-17(22)7-4-12-20-19(23)15-10-11-15/h2-3,5-6,14-15,18H,4,7-12H2,1H3,(H,20,23)(H,21,22)/t18-/m1/s1. The van der Waals surface area contributed by atoms with Crippen molar-refractivity contribution in [1.29, 1.82) is 0 Å². The third-order valence-corrected chi connectivity index (χ3v) is 4.76. The van der Waals surface area contributed by atoms with Crippen LogP contribution < -0.4 is 10.6 Å². The molecule has 2 fully saturated rings. The second kappa shape index (κ2) is 7.16. The number of hydrogen-bond acceptors (Lipinski definition) is 2. The lowest BCUT2D eigenvalue weighted by molar-refractivity contribution is -0.124. The zero-order valence-corrected chi connectivity index (χ0v) is 13.8. The van der Waals surface area contributed by atoms with E-state index in [-0.39, 0.29) is 23.8 Å². The molecule has 1 atom stereocenters. The van der Waals surface area contributed by atoms with Crippen LogP contribution in [0.2, 0.25) is 0 Å². The molecule has 2 N–H and O–H groups in total. The van der Waals surface area contributed by atoms with Gasteiger partial charge in [0.15, 0.2) is 0 Å². The molecule has 23 heavy (non-hydrogen) atoms. The number of carbonyl (C=O) groups excluding carboxylic acids is 2. The number of rotatable bonds is 8. The van der Waals surface area contributed by atoms with Crippen molar-refractivity contribution in [3.05, 3.63) is 35.4 Å². The first-order chi connectivity index (χ1) is 11.1. The van der Waals surface area contributed by atoms with Crippen LogP contribution in [0, 0.1) is 18.8 Å². The van der Waals surface area contributed by atoms with Crippen LogP contribution in [0.5, 0.6) is 0 Å². The lowest BCUT2D eigenvalue weighted by atomic mass is 9.97. The summed E-state index contributed by atoms with van der Waals surface area (Å²) in [6, 6.07) is 8.44. The molecule has 0 radical (unpaired) electrons. The Labute approximate surface area is 138 Å². The third kappa shape index (κ3) is 4.57. The van der Waals surface area contributed by atoms with E-state index in [0.29, 0.717) is 25.3 Å². The highest BCUT2D eigenvalue weighted by molar-refractivity contribution is 5.81. The van der Waals surface area contributed by atoms with E-state index in [1.165, 1.54) is 24.0 Å². The van der Waals surface area contributed by atoms with Gasteiger partial charge in [-0.05, 0) is 56.1 Å². The summed E-state index contributed by atoms with van der Waals surface area (Å²) < 4.78 is 0. The predicted molar refractivity (Wildman–Crippen MR) is 89.8 cm³/mol. The quantitative estimate of drug-likeness (QED) is 0.725. The van der Waals surface area contributed by atoms with Crippen LogP contribution >= 0.6 is 0 Å². The molecule has 124 valence electrons. The second-order valence-corrected chi connectivity index (χ2v) is 6.91. The average molecular weight is 314 g/mol. The van der Waals surface area contributed by atoms with Gasteiger partial charge in [-0.3, -0.25) is 9.59 Å². The molecular formula is C19H26N2O2. The van der Waals surface area contributed by atoms with Crippen LogP contribution in [0.25, 0.3) is 0 Å². The number of nitrogens with one attached hydrogen (secondary N) is 2. The maximum atomic E-state index is 12.2. The number of benzene rings is 1. The Bertz CT molecular complexity index is 576. The first-order valence-electron chi connectivity index (χ1n) is 8.78. The fourth-order valence-corrected chi connectivity index (χ4v) is 3.01. The number of carbonyl (C=O) groups is 2. The molecule has 0 bridgehead atoms. The topological polar surface area (TPSA) is 58.2 Å². The largest absolute Gasteiger partial charge is 0.356 e. The van der Waals surface area contributed by atoms with Gasteiger partial charge in [-0.1, -0.05) is 24.3 Å². The van der Waals surface area contributed by atoms with Crippen LogP contribution in [0.15, 0.2) is 24.3 Å². The van der Waals surface area contributed by atoms with Crippen LogP contribution in [0.4, 0.5) is 0 Å². The van der Waals surface area contributed by atoms with E-state index >= 15 is 0 Å². The van der Waals surface area contributed by atoms with Crippen molar-refractivity contribution in [3.8, 4) is 0 Å². The van der Waals surface area contributed by atoms with Gasteiger partial charge in [-0.25, -0.2) is 0 Å². The van der Waals surface area contributed by atoms with Gasteiger partial charge in [0.05, 0.1) is 6.04 Å². The molecule has 0 aliphatic heterocycles. The lowest BCUT2D eigenvalue weighted by Crippen LogP contribution is -2.31. The fourth-order valence-electron chi connectivity index (χ4n) is 3.01. The van der Waals surface area contributed by atoms with E-state index in [1.807, 2.05) is 12.1 Å². The van der Waals surface area contributed by atoms with Crippen molar-refractivity contribution in [1.82, 2.24) is 10.6 Å². The fraction of sp³-hybridized carbons (Fsp3) is 0.579. The van der Waals surface area contributed by atoms with Crippen LogP contribution in [-0.2, 0) is 9.59 Å². The number of hydrogen-bond donors (Lipinski definition) is 2. The zero-order valence-electron chi connectivity index (χ0n) is 13.8. The Morgan fingerprint density at radius 2 is 1.91 bits per heavy atom. The van der Waals surface area contributed by atoms with Crippen LogP contribution in [0.3, 0.4) is 0 Å². The number of aryl methyl sites for hydroxylation is 1. The summed E-state index contributed by atoms with van der Waals surface area (Å²) in [6.45, 7) is 2.70. The first-order valence-corrected chi connectivity index (χ1v) is 8.78. The average Bonchev–Trinajstić information content (AvgIpc) is 3.40. The predicted octanol–water partition coefficient (Wildman–Crippen LogP) is 2.87. The van der Waals surface area contributed by atoms with E-state index in [2.05, 4.69) is 29.7 Å². The molecule has 0 heterocycles. The van der Waals surface area contributed by atoms with Crippen LogP contribution in [0.1, 0.15) is 55.7 Å². The molecule has 2 aliphatic carbocycles. The van der Waals surface area contributed by atoms with Gasteiger partial charge in [-0.15, -0.1) is 0 Å². The minimum absolute atomic E-state index is 0.0887. The highest BCUT2D eigenvalue weighted by Crippen LogP contribution is 2.41. The molecule has 0 unspecified atom stereocenters. The highest BCUT2D eigenvalue weighted by Gasteiger charge is 2.34. The Kier molecular flexibility index (Phi) is 4.99. The summed E-state index contributed by atoms with van der Waals surface area (Å²) in [5.74, 6) is 1.06. The van der Waals surface area contributed by atoms with E-state index in [0.717, 1.165) is 12.8 Å². The van der Waals surface area contributed by atoms with Gasteiger partial charge in [0.2, 0.25) is 11.8 Å². The molecular weight excluding hydrogens is 288 g/mol. The van der Waals surface area contributed by atoms with Gasteiger partial charge in [-0.2, -0.15) is 0 Å². The van der Waals surface area contributed by atoms with Gasteiger partial charge in [0.1, 0.15) is 0 Å². The smallest absolute Gasteiger partial charge is 0.223 e. The molecule has 3 rings (SSSR count). The summed E-state index contributed by atoms with van der Waals surface area (Å²) in [5.41, 5.74) is 2.48. The minimum Gasteiger partial charge on any atom is -0.356 e. The SMILES string of the molecule is Cc1ccccc1[C@H](NC(=O)CCCNC(=O)C1CC1)C1CC1. The summed E-state index contributed by atoms with van der Waals surface area (Å²) in [4.78, 5) is 23.8. The van der Waals surface area contributed by atoms with Gasteiger partial charge in [0.25, 0.3) is 0 Å². The molecule has 0 saturated heterocycles. The Morgan fingerprint density at radius 3 is 2.57 bits per heavy atom. The van der Waals surface area contributed by atoms with Crippen molar-refractivity contribution in [3.63, 3.8) is 0 Å². The van der Waals surface area contributed by atoms with E-state index in [9.17, 15) is 9.59 Å². The Morgan fingerprint density at radius 1 is 1.17 bits per heavy atom. The molecule has 2 amide bonds. The Balaban J connectivity index is 1.45. The monoisotopic (exact) mass is 314 g/mol. The maximum Gasteiger partial charge on any atom is 0.223 e. The normalized spacial score (nSPS) is 18.3. The Hall–Kier alpha value is -1.84. The first kappa shape index (κ1) is 16.0. The third-order valence-electron chi connectivity index (χ3n) is 4.76. The van der Waals surface area contributed by atoms with Crippen molar-refractivity contribution in [2.75, 3.05) is 6.54 Å². The molecule has 0 spiro atoms. The molecule has 4 nitrogen and oxygen atoms in total. The van der Waals surface area contributed by atoms with Crippen molar-refractivity contribution in [2.24, 2.45) is 11.8 Å². The van der Waals surface area contributed by atoms with Crippen molar-refractivity contribution < 1.29 is 9.59 Å². The van der Waals surface area contributed by atoms with E-state index in [4.69, 9.17) is 0 Å². The van der Waals surface area contributed by atoms with Crippen molar-refractivity contribution in [2.45, 2.75) is 51.5 Å². The van der Waals surface area contributed by atoms with Gasteiger partial charge in [0, 0.05) is 18.9 Å². The van der Waals surface area contributed by atoms with Crippen molar-refractivity contribution >= 4 is 11.8 Å². The summed E-state index contributed by atoms with van der Waals surface area (Å²) in [5, 5.41) is 6.12. The summed E-state index contributed by atoms with van der Waals surface area (Å²) >= 11 is 0. The van der Waals surface area contributed by atoms with Gasteiger partial charge >= 0.3 is 0 Å². The molecule has 2 aliphatic rings. The summed E-state index contributed by atoms with van der Waals surface area (Å²) in [7, 11) is 0. The van der Waals surface area contributed by atoms with Gasteiger partial charge < -0.3 is 10.6 Å².